The van der Waals surface area contributed by atoms with Gasteiger partial charge in [0.1, 0.15) is 11.8 Å². The van der Waals surface area contributed by atoms with Crippen molar-refractivity contribution in [3.8, 4) is 5.75 Å². The molecule has 1 aromatic heterocycles. The van der Waals surface area contributed by atoms with Crippen molar-refractivity contribution in [3.63, 3.8) is 0 Å². The Balaban J connectivity index is 1.92. The third-order valence-corrected chi connectivity index (χ3v) is 3.22. The van der Waals surface area contributed by atoms with Crippen LogP contribution in [0.15, 0.2) is 36.7 Å². The van der Waals surface area contributed by atoms with Gasteiger partial charge in [-0.15, -0.1) is 0 Å². The molecule has 1 atom stereocenters. The van der Waals surface area contributed by atoms with E-state index in [9.17, 15) is 13.6 Å². The monoisotopic (exact) mass is 324 g/mol. The molecule has 6 nitrogen and oxygen atoms in total. The lowest BCUT2D eigenvalue weighted by atomic mass is 10.1. The molecule has 1 aromatic carbocycles. The average Bonchev–Trinajstić information content (AvgIpc) is 2.93. The van der Waals surface area contributed by atoms with Crippen molar-refractivity contribution in [1.29, 1.82) is 0 Å². The topological polar surface area (TPSA) is 68.2 Å². The lowest BCUT2D eigenvalue weighted by Gasteiger charge is -2.14. The van der Waals surface area contributed by atoms with Crippen LogP contribution in [0.4, 0.5) is 8.78 Å². The van der Waals surface area contributed by atoms with Crippen LogP contribution < -0.4 is 15.4 Å². The van der Waals surface area contributed by atoms with E-state index in [0.29, 0.717) is 0 Å². The third kappa shape index (κ3) is 4.75. The van der Waals surface area contributed by atoms with Gasteiger partial charge in [0.2, 0.25) is 5.91 Å². The molecule has 0 saturated carbocycles. The second-order valence-corrected chi connectivity index (χ2v) is 4.91. The molecule has 2 aromatic rings. The van der Waals surface area contributed by atoms with Crippen LogP contribution in [0.1, 0.15) is 17.2 Å². The van der Waals surface area contributed by atoms with Crippen LogP contribution in [-0.4, -0.2) is 29.3 Å². The molecular formula is C15H18F2N4O2. The van der Waals surface area contributed by atoms with Gasteiger partial charge in [0.25, 0.3) is 0 Å². The minimum Gasteiger partial charge on any atom is -0.435 e. The first-order valence-electron chi connectivity index (χ1n) is 6.97. The van der Waals surface area contributed by atoms with E-state index in [0.717, 1.165) is 11.1 Å². The maximum Gasteiger partial charge on any atom is 0.387 e. The molecule has 0 bridgehead atoms. The predicted molar refractivity (Wildman–Crippen MR) is 79.9 cm³/mol. The van der Waals surface area contributed by atoms with Gasteiger partial charge < -0.3 is 15.4 Å². The molecule has 0 aliphatic heterocycles. The molecule has 0 saturated heterocycles. The highest BCUT2D eigenvalue weighted by Gasteiger charge is 2.19. The summed E-state index contributed by atoms with van der Waals surface area (Å²) in [5.74, 6) is -0.119. The van der Waals surface area contributed by atoms with E-state index in [2.05, 4.69) is 20.5 Å². The summed E-state index contributed by atoms with van der Waals surface area (Å²) in [6.07, 6.45) is 3.38. The fourth-order valence-corrected chi connectivity index (χ4v) is 2.12. The Morgan fingerprint density at radius 2 is 2.04 bits per heavy atom. The molecule has 0 fully saturated rings. The molecule has 0 aliphatic rings. The number of nitrogens with one attached hydrogen (secondary N) is 2. The second kappa shape index (κ2) is 7.68. The molecule has 1 unspecified atom stereocenters. The van der Waals surface area contributed by atoms with Crippen LogP contribution in [-0.2, 0) is 18.4 Å². The van der Waals surface area contributed by atoms with Crippen LogP contribution >= 0.6 is 0 Å². The Bertz CT molecular complexity index is 643. The first-order chi connectivity index (χ1) is 11.0. The minimum atomic E-state index is -2.85. The minimum absolute atomic E-state index is 0.0820. The van der Waals surface area contributed by atoms with E-state index in [1.54, 1.807) is 43.3 Å². The van der Waals surface area contributed by atoms with Gasteiger partial charge in [-0.1, -0.05) is 12.1 Å². The van der Waals surface area contributed by atoms with E-state index >= 15 is 0 Å². The lowest BCUT2D eigenvalue weighted by Crippen LogP contribution is -2.35. The molecule has 1 heterocycles. The molecule has 1 amide bonds. The quantitative estimate of drug-likeness (QED) is 0.812. The molecular weight excluding hydrogens is 306 g/mol. The number of alkyl halides is 2. The summed E-state index contributed by atoms with van der Waals surface area (Å²) in [7, 11) is 3.46. The molecule has 2 N–H and O–H groups in total. The van der Waals surface area contributed by atoms with Crippen LogP contribution in [0.3, 0.4) is 0 Å². The molecule has 0 aliphatic carbocycles. The van der Waals surface area contributed by atoms with Crippen LogP contribution in [0, 0.1) is 0 Å². The fraction of sp³-hybridized carbons (Fsp3) is 0.333. The number of halogens is 2. The lowest BCUT2D eigenvalue weighted by molar-refractivity contribution is -0.123. The number of likely N-dealkylation sites (N-methyl/N-ethyl adjacent to an activating group) is 1. The van der Waals surface area contributed by atoms with Gasteiger partial charge in [-0.25, -0.2) is 0 Å². The Labute approximate surface area is 132 Å². The van der Waals surface area contributed by atoms with Crippen LogP contribution in [0.25, 0.3) is 0 Å². The van der Waals surface area contributed by atoms with Crippen molar-refractivity contribution in [3.05, 3.63) is 47.8 Å². The maximum atomic E-state index is 12.2. The molecule has 8 heteroatoms. The average molecular weight is 324 g/mol. The molecule has 23 heavy (non-hydrogen) atoms. The van der Waals surface area contributed by atoms with Gasteiger partial charge in [0.15, 0.2) is 0 Å². The zero-order valence-corrected chi connectivity index (χ0v) is 12.8. The fourth-order valence-electron chi connectivity index (χ4n) is 2.12. The summed E-state index contributed by atoms with van der Waals surface area (Å²) in [6.45, 7) is -2.57. The first-order valence-corrected chi connectivity index (χ1v) is 6.97. The van der Waals surface area contributed by atoms with E-state index in [1.165, 1.54) is 12.1 Å². The molecule has 0 spiro atoms. The van der Waals surface area contributed by atoms with Crippen molar-refractivity contribution in [2.45, 2.75) is 19.2 Å². The van der Waals surface area contributed by atoms with Crippen molar-refractivity contribution in [2.75, 3.05) is 7.05 Å². The standard InChI is InChI=1S/C15H18F2N4O2/c1-18-13(11-8-20-21(2)9-11)14(22)19-7-10-3-5-12(6-4-10)23-15(16)17/h3-6,8-9,13,15,18H,7H2,1-2H3,(H,19,22). The summed E-state index contributed by atoms with van der Waals surface area (Å²) >= 11 is 0. The van der Waals surface area contributed by atoms with Crippen LogP contribution in [0.5, 0.6) is 5.75 Å². The first kappa shape index (κ1) is 16.9. The Hall–Kier alpha value is -2.48. The summed E-state index contributed by atoms with van der Waals surface area (Å²) in [6, 6.07) is 5.60. The van der Waals surface area contributed by atoms with Gasteiger partial charge in [0, 0.05) is 25.4 Å². The van der Waals surface area contributed by atoms with Crippen molar-refractivity contribution in [1.82, 2.24) is 20.4 Å². The maximum absolute atomic E-state index is 12.2. The van der Waals surface area contributed by atoms with E-state index in [1.807, 2.05) is 0 Å². The van der Waals surface area contributed by atoms with E-state index in [-0.39, 0.29) is 18.2 Å². The van der Waals surface area contributed by atoms with Crippen molar-refractivity contribution < 1.29 is 18.3 Å². The number of hydrogen-bond donors (Lipinski definition) is 2. The number of nitrogens with zero attached hydrogens (tertiary/aromatic N) is 2. The zero-order chi connectivity index (χ0) is 16.8. The Morgan fingerprint density at radius 1 is 1.35 bits per heavy atom. The zero-order valence-electron chi connectivity index (χ0n) is 12.8. The molecule has 124 valence electrons. The number of ether oxygens (including phenoxy) is 1. The summed E-state index contributed by atoms with van der Waals surface area (Å²) < 4.78 is 30.0. The number of aromatic nitrogens is 2. The normalized spacial score (nSPS) is 12.2. The molecule has 0 radical (unpaired) electrons. The van der Waals surface area contributed by atoms with E-state index < -0.39 is 12.7 Å². The number of rotatable bonds is 7. The Morgan fingerprint density at radius 3 is 2.57 bits per heavy atom. The number of carbonyl (C=O) groups excluding carboxylic acids is 1. The third-order valence-electron chi connectivity index (χ3n) is 3.22. The SMILES string of the molecule is CNC(C(=O)NCc1ccc(OC(F)F)cc1)c1cnn(C)c1. The number of benzene rings is 1. The van der Waals surface area contributed by atoms with Gasteiger partial charge in [-0.05, 0) is 24.7 Å². The highest BCUT2D eigenvalue weighted by Crippen LogP contribution is 2.15. The smallest absolute Gasteiger partial charge is 0.387 e. The van der Waals surface area contributed by atoms with Crippen molar-refractivity contribution in [2.24, 2.45) is 7.05 Å². The number of aryl methyl sites for hydroxylation is 1. The molecule has 2 rings (SSSR count). The number of carbonyl (C=O) groups is 1. The Kier molecular flexibility index (Phi) is 5.64. The van der Waals surface area contributed by atoms with Gasteiger partial charge >= 0.3 is 6.61 Å². The summed E-state index contributed by atoms with van der Waals surface area (Å²) in [5, 5.41) is 9.76. The largest absolute Gasteiger partial charge is 0.435 e. The highest BCUT2D eigenvalue weighted by atomic mass is 19.3. The second-order valence-electron chi connectivity index (χ2n) is 4.91. The highest BCUT2D eigenvalue weighted by molar-refractivity contribution is 5.83. The van der Waals surface area contributed by atoms with Crippen LogP contribution in [0.2, 0.25) is 0 Å². The van der Waals surface area contributed by atoms with Gasteiger partial charge in [-0.2, -0.15) is 13.9 Å². The summed E-state index contributed by atoms with van der Waals surface area (Å²) in [4.78, 5) is 12.2. The van der Waals surface area contributed by atoms with E-state index in [4.69, 9.17) is 0 Å². The summed E-state index contributed by atoms with van der Waals surface area (Å²) in [5.41, 5.74) is 1.54. The van der Waals surface area contributed by atoms with Gasteiger partial charge in [-0.3, -0.25) is 9.48 Å². The predicted octanol–water partition coefficient (Wildman–Crippen LogP) is 1.60. The van der Waals surface area contributed by atoms with Gasteiger partial charge in [0.05, 0.1) is 6.20 Å². The van der Waals surface area contributed by atoms with Crippen molar-refractivity contribution >= 4 is 5.91 Å². The number of hydrogen-bond acceptors (Lipinski definition) is 4. The number of amides is 1.